The minimum Gasteiger partial charge on any atom is -0.324 e. The molecular formula is C18H22FN7O. The minimum absolute atomic E-state index is 0.195. The molecule has 4 atom stereocenters. The lowest BCUT2D eigenvalue weighted by atomic mass is 10.0. The zero-order valence-electron chi connectivity index (χ0n) is 14.9. The molecule has 142 valence electrons. The molecule has 0 aliphatic carbocycles. The molecule has 0 radical (unpaired) electrons. The molecule has 2 aliphatic heterocycles. The number of nitrogens with two attached hydrogens (primary N) is 1. The van der Waals surface area contributed by atoms with Gasteiger partial charge in [0.05, 0.1) is 35.8 Å². The molecule has 2 saturated heterocycles. The number of hydrogen-bond acceptors (Lipinski definition) is 7. The van der Waals surface area contributed by atoms with Crippen molar-refractivity contribution in [3.8, 4) is 11.3 Å². The SMILES string of the molecule is Cc1cccnc1-c1ccncc1NC(=O)C1C(N)NN2CC(F)CNC12. The quantitative estimate of drug-likeness (QED) is 0.618. The third kappa shape index (κ3) is 3.42. The van der Waals surface area contributed by atoms with Crippen molar-refractivity contribution < 1.29 is 9.18 Å². The number of carbonyl (C=O) groups excluding carboxylic acids is 1. The fourth-order valence-corrected chi connectivity index (χ4v) is 3.66. The van der Waals surface area contributed by atoms with Gasteiger partial charge in [-0.15, -0.1) is 0 Å². The molecule has 2 aromatic rings. The van der Waals surface area contributed by atoms with Crippen molar-refractivity contribution >= 4 is 11.6 Å². The number of amides is 1. The van der Waals surface area contributed by atoms with E-state index in [0.29, 0.717) is 5.69 Å². The zero-order chi connectivity index (χ0) is 19.0. The van der Waals surface area contributed by atoms with E-state index in [-0.39, 0.29) is 25.2 Å². The molecule has 0 aromatic carbocycles. The first kappa shape index (κ1) is 17.9. The third-order valence-corrected chi connectivity index (χ3v) is 4.97. The van der Waals surface area contributed by atoms with E-state index in [2.05, 4.69) is 26.0 Å². The molecule has 4 unspecified atom stereocenters. The smallest absolute Gasteiger partial charge is 0.233 e. The Kier molecular flexibility index (Phi) is 4.83. The summed E-state index contributed by atoms with van der Waals surface area (Å²) in [6, 6.07) is 5.64. The molecule has 2 fully saturated rings. The highest BCUT2D eigenvalue weighted by atomic mass is 19.1. The Bertz CT molecular complexity index is 848. The van der Waals surface area contributed by atoms with Gasteiger partial charge >= 0.3 is 0 Å². The van der Waals surface area contributed by atoms with E-state index in [1.54, 1.807) is 23.6 Å². The summed E-state index contributed by atoms with van der Waals surface area (Å²) in [6.45, 7) is 2.35. The molecule has 4 rings (SSSR count). The standard InChI is InChI=1S/C18H22FN7O/c1-10-3-2-5-22-15(10)12-4-6-21-8-13(12)24-18(27)14-16(20)25-26-9-11(19)7-23-17(14)26/h2-6,8,11,14,16-17,23,25H,7,9,20H2,1H3,(H,24,27). The number of carbonyl (C=O) groups is 1. The Morgan fingerprint density at radius 3 is 3.07 bits per heavy atom. The normalized spacial score (nSPS) is 28.0. The van der Waals surface area contributed by atoms with Gasteiger partial charge < -0.3 is 11.1 Å². The van der Waals surface area contributed by atoms with Gasteiger partial charge in [-0.2, -0.15) is 0 Å². The summed E-state index contributed by atoms with van der Waals surface area (Å²) >= 11 is 0. The van der Waals surface area contributed by atoms with Gasteiger partial charge in [0, 0.05) is 31.0 Å². The number of pyridine rings is 2. The van der Waals surface area contributed by atoms with Crippen LogP contribution in [0.15, 0.2) is 36.8 Å². The minimum atomic E-state index is -1.00. The first-order chi connectivity index (χ1) is 13.0. The highest BCUT2D eigenvalue weighted by Crippen LogP contribution is 2.29. The van der Waals surface area contributed by atoms with Crippen LogP contribution in [0.1, 0.15) is 5.56 Å². The summed E-state index contributed by atoms with van der Waals surface area (Å²) in [4.78, 5) is 21.5. The molecule has 2 aromatic heterocycles. The van der Waals surface area contributed by atoms with Gasteiger partial charge in [0.15, 0.2) is 0 Å². The van der Waals surface area contributed by atoms with E-state index in [1.807, 2.05) is 25.1 Å². The van der Waals surface area contributed by atoms with Crippen LogP contribution in [0.3, 0.4) is 0 Å². The Morgan fingerprint density at radius 2 is 2.26 bits per heavy atom. The van der Waals surface area contributed by atoms with Crippen LogP contribution in [-0.4, -0.2) is 52.5 Å². The number of aromatic nitrogens is 2. The van der Waals surface area contributed by atoms with Crippen molar-refractivity contribution in [1.29, 1.82) is 0 Å². The van der Waals surface area contributed by atoms with Crippen LogP contribution in [0.2, 0.25) is 0 Å². The second kappa shape index (κ2) is 7.28. The average Bonchev–Trinajstić information content (AvgIpc) is 2.97. The largest absolute Gasteiger partial charge is 0.324 e. The van der Waals surface area contributed by atoms with Gasteiger partial charge in [-0.3, -0.25) is 20.1 Å². The summed E-state index contributed by atoms with van der Waals surface area (Å²) in [5.74, 6) is -0.828. The topological polar surface area (TPSA) is 108 Å². The third-order valence-electron chi connectivity index (χ3n) is 4.97. The van der Waals surface area contributed by atoms with E-state index in [1.165, 1.54) is 0 Å². The molecule has 0 spiro atoms. The average molecular weight is 371 g/mol. The summed E-state index contributed by atoms with van der Waals surface area (Å²) in [7, 11) is 0. The molecule has 5 N–H and O–H groups in total. The summed E-state index contributed by atoms with van der Waals surface area (Å²) < 4.78 is 13.6. The summed E-state index contributed by atoms with van der Waals surface area (Å²) in [6.07, 6.45) is 3.00. The highest BCUT2D eigenvalue weighted by Gasteiger charge is 2.47. The van der Waals surface area contributed by atoms with Gasteiger partial charge in [0.25, 0.3) is 0 Å². The Hall–Kier alpha value is -2.46. The number of aryl methyl sites for hydroxylation is 1. The predicted octanol–water partition coefficient (Wildman–Crippen LogP) is 0.379. The van der Waals surface area contributed by atoms with Crippen molar-refractivity contribution in [2.45, 2.75) is 25.4 Å². The van der Waals surface area contributed by atoms with E-state index in [0.717, 1.165) is 16.8 Å². The maximum Gasteiger partial charge on any atom is 0.233 e. The monoisotopic (exact) mass is 371 g/mol. The number of fused-ring (bicyclic) bond motifs is 1. The van der Waals surface area contributed by atoms with Crippen LogP contribution in [0.25, 0.3) is 11.3 Å². The first-order valence-electron chi connectivity index (χ1n) is 8.87. The second-order valence-corrected chi connectivity index (χ2v) is 6.86. The van der Waals surface area contributed by atoms with Gasteiger partial charge in [0.1, 0.15) is 6.17 Å². The highest BCUT2D eigenvalue weighted by molar-refractivity contribution is 5.97. The predicted molar refractivity (Wildman–Crippen MR) is 98.8 cm³/mol. The molecule has 27 heavy (non-hydrogen) atoms. The number of hydrogen-bond donors (Lipinski definition) is 4. The van der Waals surface area contributed by atoms with Crippen molar-refractivity contribution in [2.75, 3.05) is 18.4 Å². The van der Waals surface area contributed by atoms with E-state index in [4.69, 9.17) is 5.73 Å². The number of nitrogens with one attached hydrogen (secondary N) is 3. The maximum absolute atomic E-state index is 13.6. The van der Waals surface area contributed by atoms with Crippen molar-refractivity contribution in [2.24, 2.45) is 11.7 Å². The molecule has 0 saturated carbocycles. The van der Waals surface area contributed by atoms with Crippen molar-refractivity contribution in [1.82, 2.24) is 25.7 Å². The Morgan fingerprint density at radius 1 is 1.41 bits per heavy atom. The van der Waals surface area contributed by atoms with E-state index < -0.39 is 18.3 Å². The van der Waals surface area contributed by atoms with Gasteiger partial charge in [-0.1, -0.05) is 6.07 Å². The number of alkyl halides is 1. The van der Waals surface area contributed by atoms with Gasteiger partial charge in [-0.05, 0) is 24.6 Å². The number of hydrazine groups is 1. The molecule has 8 nitrogen and oxygen atoms in total. The molecular weight excluding hydrogens is 349 g/mol. The lowest BCUT2D eigenvalue weighted by molar-refractivity contribution is -0.121. The summed E-state index contributed by atoms with van der Waals surface area (Å²) in [5, 5.41) is 7.65. The maximum atomic E-state index is 13.6. The van der Waals surface area contributed by atoms with Crippen LogP contribution in [0.5, 0.6) is 0 Å². The van der Waals surface area contributed by atoms with E-state index in [9.17, 15) is 9.18 Å². The Labute approximate surface area is 156 Å². The fourth-order valence-electron chi connectivity index (χ4n) is 3.66. The Balaban J connectivity index is 1.58. The molecule has 1 amide bonds. The number of halogens is 1. The number of anilines is 1. The van der Waals surface area contributed by atoms with E-state index >= 15 is 0 Å². The molecule has 2 aliphatic rings. The molecule has 9 heteroatoms. The molecule has 0 bridgehead atoms. The lowest BCUT2D eigenvalue weighted by Gasteiger charge is -2.33. The lowest BCUT2D eigenvalue weighted by Crippen LogP contribution is -2.58. The van der Waals surface area contributed by atoms with Crippen LogP contribution < -0.4 is 21.8 Å². The first-order valence-corrected chi connectivity index (χ1v) is 8.87. The van der Waals surface area contributed by atoms with Crippen LogP contribution in [0.4, 0.5) is 10.1 Å². The van der Waals surface area contributed by atoms with Crippen LogP contribution in [0, 0.1) is 12.8 Å². The van der Waals surface area contributed by atoms with Crippen LogP contribution >= 0.6 is 0 Å². The fraction of sp³-hybridized carbons (Fsp3) is 0.389. The van der Waals surface area contributed by atoms with Crippen LogP contribution in [-0.2, 0) is 4.79 Å². The van der Waals surface area contributed by atoms with Crippen molar-refractivity contribution in [3.05, 3.63) is 42.4 Å². The summed E-state index contributed by atoms with van der Waals surface area (Å²) in [5.41, 5.74) is 12.2. The van der Waals surface area contributed by atoms with Gasteiger partial charge in [0.2, 0.25) is 5.91 Å². The van der Waals surface area contributed by atoms with Gasteiger partial charge in [-0.25, -0.2) is 14.8 Å². The zero-order valence-corrected chi connectivity index (χ0v) is 14.9. The number of rotatable bonds is 3. The van der Waals surface area contributed by atoms with Crippen molar-refractivity contribution in [3.63, 3.8) is 0 Å². The number of nitrogens with zero attached hydrogens (tertiary/aromatic N) is 3. The second-order valence-electron chi connectivity index (χ2n) is 6.86. The molecule has 4 heterocycles.